The molecule has 19 heavy (non-hydrogen) atoms. The topological polar surface area (TPSA) is 70.7 Å². The van der Waals surface area contributed by atoms with E-state index in [0.717, 1.165) is 22.8 Å². The molecule has 6 heteroatoms. The van der Waals surface area contributed by atoms with Crippen LogP contribution in [-0.4, -0.2) is 27.4 Å². The lowest BCUT2D eigenvalue weighted by molar-refractivity contribution is -0.120. The van der Waals surface area contributed by atoms with Crippen LogP contribution in [0.15, 0.2) is 17.9 Å². The van der Waals surface area contributed by atoms with Crippen LogP contribution in [0, 0.1) is 6.92 Å². The van der Waals surface area contributed by atoms with Crippen molar-refractivity contribution in [1.29, 1.82) is 0 Å². The minimum Gasteiger partial charge on any atom is -0.355 e. The van der Waals surface area contributed by atoms with Gasteiger partial charge in [-0.1, -0.05) is 13.8 Å². The van der Waals surface area contributed by atoms with Gasteiger partial charge in [-0.05, 0) is 6.92 Å². The molecule has 2 aromatic rings. The lowest BCUT2D eigenvalue weighted by Crippen LogP contribution is -2.27. The number of hydrogen-bond donors (Lipinski definition) is 2. The average Bonchev–Trinajstić information content (AvgIpc) is 3.04. The van der Waals surface area contributed by atoms with Crippen molar-refractivity contribution in [3.63, 3.8) is 0 Å². The molecule has 2 heterocycles. The number of amides is 1. The number of aromatic amines is 1. The van der Waals surface area contributed by atoms with Crippen LogP contribution in [0.3, 0.4) is 0 Å². The second-order valence-corrected chi connectivity index (χ2v) is 4.77. The van der Waals surface area contributed by atoms with Crippen molar-refractivity contribution in [2.75, 3.05) is 6.54 Å². The number of aryl methyl sites for hydroxylation is 1. The highest BCUT2D eigenvalue weighted by Crippen LogP contribution is 2.08. The molecule has 0 aliphatic rings. The molecule has 0 atom stereocenters. The Morgan fingerprint density at radius 1 is 1.47 bits per heavy atom. The van der Waals surface area contributed by atoms with Crippen molar-refractivity contribution in [3.8, 4) is 0 Å². The summed E-state index contributed by atoms with van der Waals surface area (Å²) in [7, 11) is 0. The largest absolute Gasteiger partial charge is 0.355 e. The summed E-state index contributed by atoms with van der Waals surface area (Å²) in [5, 5.41) is 5.77. The third-order valence-corrected chi connectivity index (χ3v) is 3.10. The van der Waals surface area contributed by atoms with Crippen LogP contribution in [-0.2, 0) is 17.6 Å². The first-order valence-electron chi connectivity index (χ1n) is 6.39. The molecule has 0 radical (unpaired) electrons. The smallest absolute Gasteiger partial charge is 0.226 e. The minimum absolute atomic E-state index is 0.00909. The van der Waals surface area contributed by atoms with E-state index in [2.05, 4.69) is 20.3 Å². The maximum absolute atomic E-state index is 11.6. The monoisotopic (exact) mass is 280 g/mol. The number of carbonyl (C=O) groups is 1. The molecule has 0 saturated heterocycles. The van der Waals surface area contributed by atoms with Gasteiger partial charge in [-0.3, -0.25) is 4.79 Å². The van der Waals surface area contributed by atoms with E-state index in [9.17, 15) is 4.79 Å². The summed E-state index contributed by atoms with van der Waals surface area (Å²) in [5.41, 5.74) is 1.86. The van der Waals surface area contributed by atoms with Crippen LogP contribution >= 0.6 is 11.3 Å². The number of carbonyl (C=O) groups excluding carboxylic acids is 1. The molecular weight excluding hydrogens is 260 g/mol. The molecule has 0 aliphatic heterocycles. The van der Waals surface area contributed by atoms with Crippen LogP contribution in [0.4, 0.5) is 0 Å². The zero-order valence-corrected chi connectivity index (χ0v) is 12.4. The van der Waals surface area contributed by atoms with Crippen molar-refractivity contribution in [1.82, 2.24) is 20.3 Å². The summed E-state index contributed by atoms with van der Waals surface area (Å²) in [5.74, 6) is 0.00909. The second-order valence-electron chi connectivity index (χ2n) is 3.71. The third-order valence-electron chi connectivity index (χ3n) is 2.28. The van der Waals surface area contributed by atoms with E-state index in [1.807, 2.05) is 26.2 Å². The number of nitrogens with zero attached hydrogens (tertiary/aromatic N) is 2. The molecule has 0 aliphatic carbocycles. The molecule has 0 bridgehead atoms. The molecule has 0 unspecified atom stereocenters. The van der Waals surface area contributed by atoms with Gasteiger partial charge in [0.1, 0.15) is 0 Å². The van der Waals surface area contributed by atoms with E-state index in [0.29, 0.717) is 13.0 Å². The normalized spacial score (nSPS) is 9.63. The molecule has 2 rings (SSSR count). The third kappa shape index (κ3) is 5.65. The Bertz CT molecular complexity index is 479. The molecule has 2 aromatic heterocycles. The summed E-state index contributed by atoms with van der Waals surface area (Å²) in [4.78, 5) is 22.7. The average molecular weight is 280 g/mol. The molecule has 0 fully saturated rings. The Labute approximate surface area is 117 Å². The van der Waals surface area contributed by atoms with E-state index in [-0.39, 0.29) is 5.91 Å². The Hall–Kier alpha value is -1.69. The maximum Gasteiger partial charge on any atom is 0.226 e. The molecule has 0 aromatic carbocycles. The van der Waals surface area contributed by atoms with Gasteiger partial charge in [-0.15, -0.1) is 11.3 Å². The van der Waals surface area contributed by atoms with Gasteiger partial charge in [0.05, 0.1) is 23.4 Å². The molecule has 104 valence electrons. The van der Waals surface area contributed by atoms with Crippen molar-refractivity contribution >= 4 is 17.2 Å². The predicted octanol–water partition coefficient (Wildman–Crippen LogP) is 2.10. The quantitative estimate of drug-likeness (QED) is 0.881. The van der Waals surface area contributed by atoms with Gasteiger partial charge in [0.15, 0.2) is 0 Å². The number of nitrogens with one attached hydrogen (secondary N) is 2. The number of rotatable bonds is 5. The van der Waals surface area contributed by atoms with Gasteiger partial charge in [0, 0.05) is 30.2 Å². The zero-order valence-electron chi connectivity index (χ0n) is 11.6. The molecule has 0 saturated carbocycles. The molecule has 2 N–H and O–H groups in total. The lowest BCUT2D eigenvalue weighted by atomic mass is 10.3. The summed E-state index contributed by atoms with van der Waals surface area (Å²) >= 11 is 1.56. The second kappa shape index (κ2) is 8.42. The highest BCUT2D eigenvalue weighted by atomic mass is 32.1. The van der Waals surface area contributed by atoms with E-state index >= 15 is 0 Å². The van der Waals surface area contributed by atoms with Crippen LogP contribution < -0.4 is 5.32 Å². The van der Waals surface area contributed by atoms with E-state index in [1.165, 1.54) is 0 Å². The fourth-order valence-corrected chi connectivity index (χ4v) is 2.09. The predicted molar refractivity (Wildman–Crippen MR) is 77.2 cm³/mol. The summed E-state index contributed by atoms with van der Waals surface area (Å²) in [6.07, 6.45) is 4.51. The highest BCUT2D eigenvalue weighted by molar-refractivity contribution is 7.09. The number of hydrogen-bond acceptors (Lipinski definition) is 4. The Morgan fingerprint density at radius 3 is 2.84 bits per heavy atom. The standard InChI is InChI=1S/C11H14N4OS.C2H6/c1-8-15-10(6-17-8)4-11(16)13-3-2-9-5-12-7-14-9;1-2/h5-7H,2-4H2,1H3,(H,12,14)(H,13,16);1-2H3. The van der Waals surface area contributed by atoms with Crippen LogP contribution in [0.1, 0.15) is 30.2 Å². The van der Waals surface area contributed by atoms with E-state index in [4.69, 9.17) is 0 Å². The summed E-state index contributed by atoms with van der Waals surface area (Å²) in [6, 6.07) is 0. The van der Waals surface area contributed by atoms with Gasteiger partial charge >= 0.3 is 0 Å². The number of aromatic nitrogens is 3. The fourth-order valence-electron chi connectivity index (χ4n) is 1.47. The molecule has 1 amide bonds. The Kier molecular flexibility index (Phi) is 6.81. The first-order chi connectivity index (χ1) is 9.24. The molecule has 0 spiro atoms. The summed E-state index contributed by atoms with van der Waals surface area (Å²) < 4.78 is 0. The van der Waals surface area contributed by atoms with Crippen molar-refractivity contribution in [2.45, 2.75) is 33.6 Å². The number of imidazole rings is 1. The van der Waals surface area contributed by atoms with Crippen LogP contribution in [0.5, 0.6) is 0 Å². The number of thiazole rings is 1. The Morgan fingerprint density at radius 2 is 2.26 bits per heavy atom. The highest BCUT2D eigenvalue weighted by Gasteiger charge is 2.05. The fraction of sp³-hybridized carbons (Fsp3) is 0.462. The SMILES string of the molecule is CC.Cc1nc(CC(=O)NCCc2cnc[nH]2)cs1. The van der Waals surface area contributed by atoms with E-state index < -0.39 is 0 Å². The zero-order chi connectivity index (χ0) is 14.1. The van der Waals surface area contributed by atoms with Gasteiger partial charge in [0.2, 0.25) is 5.91 Å². The Balaban J connectivity index is 0.000000861. The first-order valence-corrected chi connectivity index (χ1v) is 7.27. The van der Waals surface area contributed by atoms with E-state index in [1.54, 1.807) is 23.9 Å². The first kappa shape index (κ1) is 15.4. The molecule has 5 nitrogen and oxygen atoms in total. The van der Waals surface area contributed by atoms with Crippen molar-refractivity contribution in [2.24, 2.45) is 0 Å². The minimum atomic E-state index is 0.00909. The lowest BCUT2D eigenvalue weighted by Gasteiger charge is -2.02. The van der Waals surface area contributed by atoms with Crippen LogP contribution in [0.2, 0.25) is 0 Å². The van der Waals surface area contributed by atoms with Gasteiger partial charge in [-0.2, -0.15) is 0 Å². The van der Waals surface area contributed by atoms with Gasteiger partial charge in [0.25, 0.3) is 0 Å². The maximum atomic E-state index is 11.6. The van der Waals surface area contributed by atoms with Crippen molar-refractivity contribution < 1.29 is 4.79 Å². The number of H-pyrrole nitrogens is 1. The van der Waals surface area contributed by atoms with Gasteiger partial charge < -0.3 is 10.3 Å². The van der Waals surface area contributed by atoms with Gasteiger partial charge in [-0.25, -0.2) is 9.97 Å². The van der Waals surface area contributed by atoms with Crippen molar-refractivity contribution in [3.05, 3.63) is 34.3 Å². The van der Waals surface area contributed by atoms with Crippen LogP contribution in [0.25, 0.3) is 0 Å². The molecular formula is C13H20N4OS. The summed E-state index contributed by atoms with van der Waals surface area (Å²) in [6.45, 7) is 6.55.